The second-order valence-corrected chi connectivity index (χ2v) is 8.69. The van der Waals surface area contributed by atoms with Gasteiger partial charge in [-0.05, 0) is 43.0 Å². The Bertz CT molecular complexity index is 939. The number of halogens is 1. The van der Waals surface area contributed by atoms with Crippen LogP contribution in [0.4, 0.5) is 10.1 Å². The number of aliphatic hydroxyl groups excluding tert-OH is 1. The third kappa shape index (κ3) is 4.90. The Morgan fingerprint density at radius 2 is 2.00 bits per heavy atom. The highest BCUT2D eigenvalue weighted by atomic mass is 19.1. The number of hydrogen-bond donors (Lipinski definition) is 4. The van der Waals surface area contributed by atoms with E-state index in [1.54, 1.807) is 4.90 Å². The fraction of sp³-hybridized carbons (Fsp3) is 0.545. The highest BCUT2D eigenvalue weighted by Gasteiger charge is 2.37. The van der Waals surface area contributed by atoms with Gasteiger partial charge in [0.05, 0.1) is 18.1 Å². The number of anilines is 1. The molecule has 1 aliphatic carbocycles. The lowest BCUT2D eigenvalue weighted by Gasteiger charge is -2.18. The van der Waals surface area contributed by atoms with Crippen molar-refractivity contribution < 1.29 is 28.7 Å². The average molecular weight is 446 g/mol. The number of nitrogens with zero attached hydrogens (tertiary/aromatic N) is 1. The van der Waals surface area contributed by atoms with E-state index in [2.05, 4.69) is 16.0 Å². The van der Waals surface area contributed by atoms with Crippen LogP contribution >= 0.6 is 0 Å². The smallest absolute Gasteiger partial charge is 0.232 e. The Labute approximate surface area is 184 Å². The topological polar surface area (TPSA) is 128 Å². The molecule has 1 aromatic rings. The van der Waals surface area contributed by atoms with E-state index in [4.69, 9.17) is 0 Å². The molecule has 10 heteroatoms. The van der Waals surface area contributed by atoms with Crippen LogP contribution < -0.4 is 16.0 Å². The third-order valence-electron chi connectivity index (χ3n) is 6.37. The Hall–Kier alpha value is -3.01. The standard InChI is InChI=1S/C22H27FN4O5/c23-12-3-4-16-14(8-12)15(22(32)26-16)11-20(30)25-17-9-13(10-18(17)28)24-19(29)5-7-27-6-1-2-21(27)31/h3-4,8,13,15,17-18,28H,1-2,5-7,9-11H2,(H,24,29)(H,25,30)(H,26,32)/t13-,15?,17-,18-/m1/s1. The highest BCUT2D eigenvalue weighted by Crippen LogP contribution is 2.35. The van der Waals surface area contributed by atoms with E-state index in [9.17, 15) is 28.7 Å². The summed E-state index contributed by atoms with van der Waals surface area (Å²) < 4.78 is 13.6. The average Bonchev–Trinajstić information content (AvgIpc) is 3.38. The summed E-state index contributed by atoms with van der Waals surface area (Å²) in [5.74, 6) is -2.19. The van der Waals surface area contributed by atoms with Crippen molar-refractivity contribution in [1.82, 2.24) is 15.5 Å². The fourth-order valence-electron chi connectivity index (χ4n) is 4.72. The first-order valence-corrected chi connectivity index (χ1v) is 10.9. The summed E-state index contributed by atoms with van der Waals surface area (Å²) in [5, 5.41) is 18.6. The lowest BCUT2D eigenvalue weighted by Crippen LogP contribution is -2.41. The normalized spacial score (nSPS) is 26.8. The van der Waals surface area contributed by atoms with Gasteiger partial charge in [-0.15, -0.1) is 0 Å². The molecule has 172 valence electrons. The van der Waals surface area contributed by atoms with Gasteiger partial charge in [0.25, 0.3) is 0 Å². The summed E-state index contributed by atoms with van der Waals surface area (Å²) in [4.78, 5) is 50.2. The van der Waals surface area contributed by atoms with Crippen molar-refractivity contribution in [2.45, 2.75) is 62.6 Å². The maximum Gasteiger partial charge on any atom is 0.232 e. The molecule has 9 nitrogen and oxygen atoms in total. The Morgan fingerprint density at radius 3 is 2.75 bits per heavy atom. The van der Waals surface area contributed by atoms with Crippen molar-refractivity contribution in [3.05, 3.63) is 29.6 Å². The van der Waals surface area contributed by atoms with E-state index in [1.807, 2.05) is 0 Å². The van der Waals surface area contributed by atoms with Gasteiger partial charge in [0.1, 0.15) is 5.82 Å². The maximum atomic E-state index is 13.6. The lowest BCUT2D eigenvalue weighted by atomic mass is 9.96. The first-order valence-electron chi connectivity index (χ1n) is 10.9. The lowest BCUT2D eigenvalue weighted by molar-refractivity contribution is -0.128. The van der Waals surface area contributed by atoms with Gasteiger partial charge in [-0.1, -0.05) is 0 Å². The third-order valence-corrected chi connectivity index (χ3v) is 6.37. The molecule has 2 aliphatic heterocycles. The second kappa shape index (κ2) is 9.23. The van der Waals surface area contributed by atoms with Crippen LogP contribution in [0.2, 0.25) is 0 Å². The van der Waals surface area contributed by atoms with E-state index in [0.29, 0.717) is 43.6 Å². The Morgan fingerprint density at radius 1 is 1.19 bits per heavy atom. The van der Waals surface area contributed by atoms with E-state index >= 15 is 0 Å². The maximum absolute atomic E-state index is 13.6. The van der Waals surface area contributed by atoms with Crippen LogP contribution in [0.1, 0.15) is 50.0 Å². The summed E-state index contributed by atoms with van der Waals surface area (Å²) in [6.45, 7) is 1.06. The van der Waals surface area contributed by atoms with Crippen LogP contribution in [0.5, 0.6) is 0 Å². The second-order valence-electron chi connectivity index (χ2n) is 8.69. The number of likely N-dealkylation sites (tertiary alicyclic amines) is 1. The zero-order chi connectivity index (χ0) is 22.8. The molecule has 0 radical (unpaired) electrons. The molecule has 4 amide bonds. The minimum atomic E-state index is -0.827. The molecule has 1 saturated carbocycles. The van der Waals surface area contributed by atoms with E-state index in [0.717, 1.165) is 6.42 Å². The van der Waals surface area contributed by atoms with Gasteiger partial charge in [-0.2, -0.15) is 0 Å². The summed E-state index contributed by atoms with van der Waals surface area (Å²) in [7, 11) is 0. The van der Waals surface area contributed by atoms with Gasteiger partial charge in [0.15, 0.2) is 0 Å². The number of benzene rings is 1. The van der Waals surface area contributed by atoms with Crippen molar-refractivity contribution >= 4 is 29.3 Å². The molecule has 0 aromatic heterocycles. The predicted molar refractivity (Wildman–Crippen MR) is 112 cm³/mol. The number of hydrogen-bond acceptors (Lipinski definition) is 5. The summed E-state index contributed by atoms with van der Waals surface area (Å²) in [6.07, 6.45) is 1.22. The van der Waals surface area contributed by atoms with Crippen LogP contribution in [-0.4, -0.2) is 64.9 Å². The predicted octanol–water partition coefficient (Wildman–Crippen LogP) is 0.388. The SMILES string of the molecule is O=C(CCN1CCCC1=O)N[C@H]1C[C@@H](O)[C@H](NC(=O)CC2C(=O)Nc3ccc(F)cc32)C1. The minimum Gasteiger partial charge on any atom is -0.391 e. The molecule has 4 atom stereocenters. The van der Waals surface area contributed by atoms with Crippen molar-refractivity contribution in [2.24, 2.45) is 0 Å². The molecule has 2 fully saturated rings. The zero-order valence-corrected chi connectivity index (χ0v) is 17.6. The number of fused-ring (bicyclic) bond motifs is 1. The number of aliphatic hydroxyl groups is 1. The number of carbonyl (C=O) groups excluding carboxylic acids is 4. The molecule has 32 heavy (non-hydrogen) atoms. The monoisotopic (exact) mass is 446 g/mol. The van der Waals surface area contributed by atoms with Crippen LogP contribution in [0.15, 0.2) is 18.2 Å². The minimum absolute atomic E-state index is 0.0678. The molecule has 1 aromatic carbocycles. The van der Waals surface area contributed by atoms with Crippen LogP contribution in [0.3, 0.4) is 0 Å². The molecule has 4 rings (SSSR count). The fourth-order valence-corrected chi connectivity index (χ4v) is 4.72. The first-order chi connectivity index (χ1) is 15.3. The van der Waals surface area contributed by atoms with Crippen molar-refractivity contribution in [1.29, 1.82) is 0 Å². The van der Waals surface area contributed by atoms with Crippen molar-refractivity contribution in [3.8, 4) is 0 Å². The summed E-state index contributed by atoms with van der Waals surface area (Å²) >= 11 is 0. The van der Waals surface area contributed by atoms with Gasteiger partial charge in [0.2, 0.25) is 23.6 Å². The largest absolute Gasteiger partial charge is 0.391 e. The molecular weight excluding hydrogens is 419 g/mol. The molecule has 1 saturated heterocycles. The molecule has 0 spiro atoms. The molecule has 0 bridgehead atoms. The summed E-state index contributed by atoms with van der Waals surface area (Å²) in [5.41, 5.74) is 0.937. The van der Waals surface area contributed by atoms with E-state index < -0.39 is 29.8 Å². The van der Waals surface area contributed by atoms with Gasteiger partial charge < -0.3 is 26.0 Å². The number of nitrogens with one attached hydrogen (secondary N) is 3. The van der Waals surface area contributed by atoms with E-state index in [1.165, 1.54) is 18.2 Å². The van der Waals surface area contributed by atoms with Gasteiger partial charge in [-0.3, -0.25) is 19.2 Å². The van der Waals surface area contributed by atoms with Gasteiger partial charge in [-0.25, -0.2) is 4.39 Å². The van der Waals surface area contributed by atoms with Crippen LogP contribution in [-0.2, 0) is 19.2 Å². The highest BCUT2D eigenvalue weighted by molar-refractivity contribution is 6.04. The van der Waals surface area contributed by atoms with E-state index in [-0.39, 0.29) is 36.6 Å². The van der Waals surface area contributed by atoms with Crippen molar-refractivity contribution in [2.75, 3.05) is 18.4 Å². The van der Waals surface area contributed by atoms with Crippen LogP contribution in [0, 0.1) is 5.82 Å². The first kappa shape index (κ1) is 22.2. The number of amides is 4. The molecule has 3 aliphatic rings. The quantitative estimate of drug-likeness (QED) is 0.482. The van der Waals surface area contributed by atoms with Gasteiger partial charge >= 0.3 is 0 Å². The molecule has 2 heterocycles. The molecular formula is C22H27FN4O5. The zero-order valence-electron chi connectivity index (χ0n) is 17.6. The van der Waals surface area contributed by atoms with Crippen molar-refractivity contribution in [3.63, 3.8) is 0 Å². The Kier molecular flexibility index (Phi) is 6.40. The molecule has 1 unspecified atom stereocenters. The Balaban J connectivity index is 1.25. The number of rotatable bonds is 7. The van der Waals surface area contributed by atoms with Gasteiger partial charge in [0, 0.05) is 44.1 Å². The molecule has 4 N–H and O–H groups in total. The number of carbonyl (C=O) groups is 4. The van der Waals surface area contributed by atoms with Crippen LogP contribution in [0.25, 0.3) is 0 Å². The summed E-state index contributed by atoms with van der Waals surface area (Å²) in [6, 6.07) is 3.12.